The van der Waals surface area contributed by atoms with Crippen molar-refractivity contribution in [3.63, 3.8) is 0 Å². The average molecular weight is 471 g/mol. The van der Waals surface area contributed by atoms with Crippen LogP contribution < -0.4 is 14.4 Å². The van der Waals surface area contributed by atoms with E-state index in [1.165, 1.54) is 36.9 Å². The summed E-state index contributed by atoms with van der Waals surface area (Å²) in [5, 5.41) is 2.86. The van der Waals surface area contributed by atoms with Crippen LogP contribution in [0.3, 0.4) is 0 Å². The number of carbonyl (C=O) groups excluding carboxylic acids is 1. The molecule has 3 rings (SSSR count). The quantitative estimate of drug-likeness (QED) is 0.492. The third-order valence-corrected chi connectivity index (χ3v) is 6.35. The van der Waals surface area contributed by atoms with Crippen molar-refractivity contribution in [2.45, 2.75) is 26.3 Å². The van der Waals surface area contributed by atoms with Crippen LogP contribution in [0.15, 0.2) is 66.7 Å². The lowest BCUT2D eigenvalue weighted by Gasteiger charge is -2.24. The third kappa shape index (κ3) is 6.10. The largest absolute Gasteiger partial charge is 0.496 e. The normalized spacial score (nSPS) is 11.3. The molecule has 0 atom stereocenters. The number of halogens is 1. The maximum Gasteiger partial charge on any atom is 0.255 e. The molecule has 33 heavy (non-hydrogen) atoms. The fourth-order valence-corrected chi connectivity index (χ4v) is 4.24. The Balaban J connectivity index is 1.89. The molecule has 0 aliphatic heterocycles. The minimum absolute atomic E-state index is 0.0855. The zero-order chi connectivity index (χ0) is 24.2. The predicted molar refractivity (Wildman–Crippen MR) is 129 cm³/mol. The number of ether oxygens (including phenoxy) is 1. The first-order valence-electron chi connectivity index (χ1n) is 10.4. The molecule has 6 nitrogen and oxygen atoms in total. The van der Waals surface area contributed by atoms with Gasteiger partial charge in [0, 0.05) is 16.8 Å². The van der Waals surface area contributed by atoms with Gasteiger partial charge in [-0.25, -0.2) is 12.8 Å². The van der Waals surface area contributed by atoms with E-state index in [4.69, 9.17) is 4.74 Å². The van der Waals surface area contributed by atoms with Crippen LogP contribution in [0.4, 0.5) is 15.8 Å². The first-order valence-corrected chi connectivity index (χ1v) is 12.2. The molecule has 0 fully saturated rings. The number of rotatable bonds is 8. The molecular formula is C25H27FN2O4S. The van der Waals surface area contributed by atoms with Crippen LogP contribution in [0.25, 0.3) is 0 Å². The standard InChI is InChI=1S/C25H27FN2O4S/c1-17(2)18-5-10-22(11-6-18)27-25(29)19-7-14-24(32-3)20(15-19)16-28(33(4,30)31)23-12-8-21(26)9-13-23/h5-15,17H,16H2,1-4H3,(H,27,29). The second-order valence-corrected chi connectivity index (χ2v) is 9.91. The Morgan fingerprint density at radius 2 is 1.67 bits per heavy atom. The number of carbonyl (C=O) groups is 1. The van der Waals surface area contributed by atoms with Gasteiger partial charge in [0.2, 0.25) is 10.0 Å². The molecule has 0 saturated heterocycles. The smallest absolute Gasteiger partial charge is 0.255 e. The summed E-state index contributed by atoms with van der Waals surface area (Å²) in [4.78, 5) is 12.8. The van der Waals surface area contributed by atoms with Crippen molar-refractivity contribution >= 4 is 27.3 Å². The van der Waals surface area contributed by atoms with E-state index in [1.807, 2.05) is 24.3 Å². The lowest BCUT2D eigenvalue weighted by Crippen LogP contribution is -2.29. The number of amides is 1. The molecule has 1 amide bonds. The molecule has 3 aromatic carbocycles. The van der Waals surface area contributed by atoms with Gasteiger partial charge < -0.3 is 10.1 Å². The van der Waals surface area contributed by atoms with Crippen LogP contribution in [-0.4, -0.2) is 27.7 Å². The summed E-state index contributed by atoms with van der Waals surface area (Å²) in [6.07, 6.45) is 1.07. The summed E-state index contributed by atoms with van der Waals surface area (Å²) in [6.45, 7) is 4.11. The molecule has 0 heterocycles. The van der Waals surface area contributed by atoms with E-state index in [1.54, 1.807) is 18.2 Å². The van der Waals surface area contributed by atoms with Gasteiger partial charge in [0.25, 0.3) is 5.91 Å². The Kier molecular flexibility index (Phi) is 7.38. The van der Waals surface area contributed by atoms with Gasteiger partial charge >= 0.3 is 0 Å². The van der Waals surface area contributed by atoms with Gasteiger partial charge in [-0.2, -0.15) is 0 Å². The van der Waals surface area contributed by atoms with E-state index < -0.39 is 15.8 Å². The molecule has 0 unspecified atom stereocenters. The second-order valence-electron chi connectivity index (χ2n) is 8.00. The number of hydrogen-bond donors (Lipinski definition) is 1. The van der Waals surface area contributed by atoms with Crippen molar-refractivity contribution < 1.29 is 22.3 Å². The van der Waals surface area contributed by atoms with E-state index in [2.05, 4.69) is 19.2 Å². The maximum absolute atomic E-state index is 13.3. The van der Waals surface area contributed by atoms with Crippen molar-refractivity contribution in [1.29, 1.82) is 0 Å². The highest BCUT2D eigenvalue weighted by atomic mass is 32.2. The summed E-state index contributed by atoms with van der Waals surface area (Å²) < 4.78 is 44.8. The topological polar surface area (TPSA) is 75.7 Å². The monoisotopic (exact) mass is 470 g/mol. The van der Waals surface area contributed by atoms with Crippen LogP contribution in [0.5, 0.6) is 5.75 Å². The van der Waals surface area contributed by atoms with Crippen molar-refractivity contribution in [1.82, 2.24) is 0 Å². The first kappa shape index (κ1) is 24.3. The highest BCUT2D eigenvalue weighted by Crippen LogP contribution is 2.27. The molecule has 0 aromatic heterocycles. The summed E-state index contributed by atoms with van der Waals surface area (Å²) >= 11 is 0. The molecule has 0 radical (unpaired) electrons. The van der Waals surface area contributed by atoms with E-state index in [9.17, 15) is 17.6 Å². The Labute approximate surface area is 194 Å². The highest BCUT2D eigenvalue weighted by molar-refractivity contribution is 7.92. The van der Waals surface area contributed by atoms with Gasteiger partial charge in [-0.3, -0.25) is 9.10 Å². The molecule has 1 N–H and O–H groups in total. The number of benzene rings is 3. The Bertz CT molecular complexity index is 1220. The van der Waals surface area contributed by atoms with Gasteiger partial charge in [-0.05, 0) is 66.1 Å². The van der Waals surface area contributed by atoms with Crippen LogP contribution in [0.1, 0.15) is 41.3 Å². The minimum atomic E-state index is -3.69. The summed E-state index contributed by atoms with van der Waals surface area (Å²) in [6, 6.07) is 17.6. The number of hydrogen-bond acceptors (Lipinski definition) is 4. The molecule has 0 saturated carbocycles. The maximum atomic E-state index is 13.3. The van der Waals surface area contributed by atoms with Gasteiger partial charge in [-0.1, -0.05) is 26.0 Å². The van der Waals surface area contributed by atoms with Gasteiger partial charge in [0.05, 0.1) is 25.6 Å². The van der Waals surface area contributed by atoms with Crippen LogP contribution >= 0.6 is 0 Å². The third-order valence-electron chi connectivity index (χ3n) is 5.21. The Hall–Kier alpha value is -3.39. The molecule has 0 spiro atoms. The fraction of sp³-hybridized carbons (Fsp3) is 0.240. The number of nitrogens with zero attached hydrogens (tertiary/aromatic N) is 1. The highest BCUT2D eigenvalue weighted by Gasteiger charge is 2.21. The molecule has 0 aliphatic rings. The van der Waals surface area contributed by atoms with Gasteiger partial charge in [0.15, 0.2) is 0 Å². The van der Waals surface area contributed by atoms with Crippen molar-refractivity contribution in [3.05, 3.63) is 89.2 Å². The Morgan fingerprint density at radius 3 is 2.21 bits per heavy atom. The van der Waals surface area contributed by atoms with E-state index in [0.717, 1.165) is 10.6 Å². The molecule has 3 aromatic rings. The van der Waals surface area contributed by atoms with Gasteiger partial charge in [-0.15, -0.1) is 0 Å². The van der Waals surface area contributed by atoms with E-state index >= 15 is 0 Å². The number of anilines is 2. The van der Waals surface area contributed by atoms with E-state index in [0.29, 0.717) is 34.2 Å². The summed E-state index contributed by atoms with van der Waals surface area (Å²) in [5.41, 5.74) is 2.98. The van der Waals surface area contributed by atoms with Crippen LogP contribution in [-0.2, 0) is 16.6 Å². The second kappa shape index (κ2) is 10.0. The molecule has 0 aliphatic carbocycles. The number of methoxy groups -OCH3 is 1. The van der Waals surface area contributed by atoms with Gasteiger partial charge in [0.1, 0.15) is 11.6 Å². The van der Waals surface area contributed by atoms with Crippen molar-refractivity contribution in [2.75, 3.05) is 23.0 Å². The predicted octanol–water partition coefficient (Wildman–Crippen LogP) is 5.18. The zero-order valence-corrected chi connectivity index (χ0v) is 19.8. The minimum Gasteiger partial charge on any atom is -0.496 e. The van der Waals surface area contributed by atoms with Crippen LogP contribution in [0, 0.1) is 5.82 Å². The van der Waals surface area contributed by atoms with E-state index in [-0.39, 0.29) is 12.5 Å². The lowest BCUT2D eigenvalue weighted by atomic mass is 10.0. The molecule has 174 valence electrons. The van der Waals surface area contributed by atoms with Crippen LogP contribution in [0.2, 0.25) is 0 Å². The molecular weight excluding hydrogens is 443 g/mol. The summed E-state index contributed by atoms with van der Waals surface area (Å²) in [7, 11) is -2.22. The zero-order valence-electron chi connectivity index (χ0n) is 19.0. The number of sulfonamides is 1. The Morgan fingerprint density at radius 1 is 1.03 bits per heavy atom. The summed E-state index contributed by atoms with van der Waals surface area (Å²) in [5.74, 6) is 0.0233. The average Bonchev–Trinajstić information content (AvgIpc) is 2.77. The van der Waals surface area contributed by atoms with Crippen molar-refractivity contribution in [3.8, 4) is 5.75 Å². The number of nitrogens with one attached hydrogen (secondary N) is 1. The van der Waals surface area contributed by atoms with Crippen molar-refractivity contribution in [2.24, 2.45) is 0 Å². The molecule has 8 heteroatoms. The molecule has 0 bridgehead atoms. The fourth-order valence-electron chi connectivity index (χ4n) is 3.36. The SMILES string of the molecule is COc1ccc(C(=O)Nc2ccc(C(C)C)cc2)cc1CN(c1ccc(F)cc1)S(C)(=O)=O. The lowest BCUT2D eigenvalue weighted by molar-refractivity contribution is 0.102. The first-order chi connectivity index (χ1) is 15.6.